The third kappa shape index (κ3) is 3.80. The van der Waals surface area contributed by atoms with Crippen molar-refractivity contribution in [2.24, 2.45) is 11.7 Å². The van der Waals surface area contributed by atoms with Gasteiger partial charge in [0.2, 0.25) is 0 Å². The van der Waals surface area contributed by atoms with Crippen molar-refractivity contribution in [1.82, 2.24) is 0 Å². The zero-order valence-corrected chi connectivity index (χ0v) is 7.49. The fourth-order valence-corrected chi connectivity index (χ4v) is 0.840. The van der Waals surface area contributed by atoms with Crippen LogP contribution in [0.1, 0.15) is 13.3 Å². The molecule has 1 atom stereocenters. The maximum Gasteiger partial charge on any atom is 0.316 e. The number of esters is 1. The zero-order chi connectivity index (χ0) is 10.3. The average Bonchev–Trinajstić information content (AvgIpc) is 2.13. The van der Waals surface area contributed by atoms with Crippen molar-refractivity contribution < 1.29 is 19.1 Å². The van der Waals surface area contributed by atoms with E-state index in [-0.39, 0.29) is 19.6 Å². The van der Waals surface area contributed by atoms with Crippen LogP contribution in [-0.2, 0) is 19.1 Å². The maximum atomic E-state index is 11.1. The summed E-state index contributed by atoms with van der Waals surface area (Å²) in [6.45, 7) is 1.56. The predicted molar refractivity (Wildman–Crippen MR) is 44.9 cm³/mol. The summed E-state index contributed by atoms with van der Waals surface area (Å²) in [5, 5.41) is 0. The van der Waals surface area contributed by atoms with Gasteiger partial charge in [-0.1, -0.05) is 0 Å². The molecule has 0 spiro atoms. The minimum atomic E-state index is -1.03. The number of carbonyl (C=O) groups excluding carboxylic acids is 3. The maximum absolute atomic E-state index is 11.1. The Hall–Kier alpha value is -1.23. The van der Waals surface area contributed by atoms with E-state index in [0.717, 1.165) is 0 Å². The van der Waals surface area contributed by atoms with Gasteiger partial charge in [-0.3, -0.25) is 9.59 Å². The number of Topliss-reactive ketones (excluding diaryl/α,β-unsaturated/α-hetero) is 1. The van der Waals surface area contributed by atoms with Crippen molar-refractivity contribution in [1.29, 1.82) is 0 Å². The summed E-state index contributed by atoms with van der Waals surface area (Å²) in [6.07, 6.45) is 0.351. The molecule has 0 rings (SSSR count). The Labute approximate surface area is 76.2 Å². The van der Waals surface area contributed by atoms with Gasteiger partial charge in [0.1, 0.15) is 12.2 Å². The van der Waals surface area contributed by atoms with E-state index in [4.69, 9.17) is 5.73 Å². The Morgan fingerprint density at radius 1 is 1.54 bits per heavy atom. The molecule has 0 aromatic rings. The van der Waals surface area contributed by atoms with E-state index < -0.39 is 17.7 Å². The van der Waals surface area contributed by atoms with Crippen LogP contribution >= 0.6 is 0 Å². The van der Waals surface area contributed by atoms with E-state index in [2.05, 4.69) is 4.74 Å². The quantitative estimate of drug-likeness (QED) is 0.337. The molecule has 0 saturated heterocycles. The molecule has 74 valence electrons. The number of ketones is 1. The van der Waals surface area contributed by atoms with Crippen LogP contribution in [0.25, 0.3) is 0 Å². The average molecular weight is 187 g/mol. The lowest BCUT2D eigenvalue weighted by molar-refractivity contribution is -0.152. The minimum Gasteiger partial charge on any atom is -0.465 e. The summed E-state index contributed by atoms with van der Waals surface area (Å²) < 4.78 is 4.61. The monoisotopic (exact) mass is 187 g/mol. The summed E-state index contributed by atoms with van der Waals surface area (Å²) in [7, 11) is 0. The number of rotatable bonds is 6. The van der Waals surface area contributed by atoms with Crippen LogP contribution in [0.4, 0.5) is 0 Å². The van der Waals surface area contributed by atoms with E-state index in [1.807, 2.05) is 0 Å². The van der Waals surface area contributed by atoms with Crippen LogP contribution in [0.3, 0.4) is 0 Å². The first kappa shape index (κ1) is 11.8. The van der Waals surface area contributed by atoms with Crippen LogP contribution in [-0.4, -0.2) is 31.2 Å². The lowest BCUT2D eigenvalue weighted by Crippen LogP contribution is -2.31. The number of ether oxygens (including phenoxy) is 1. The number of aldehydes is 1. The summed E-state index contributed by atoms with van der Waals surface area (Å²) >= 11 is 0. The molecule has 0 aromatic carbocycles. The molecule has 13 heavy (non-hydrogen) atoms. The third-order valence-electron chi connectivity index (χ3n) is 1.49. The second kappa shape index (κ2) is 6.30. The summed E-state index contributed by atoms with van der Waals surface area (Å²) in [5.74, 6) is -2.17. The first-order valence-electron chi connectivity index (χ1n) is 4.00. The molecule has 0 aliphatic heterocycles. The third-order valence-corrected chi connectivity index (χ3v) is 1.49. The van der Waals surface area contributed by atoms with Crippen LogP contribution in [0, 0.1) is 5.92 Å². The highest BCUT2D eigenvalue weighted by Gasteiger charge is 2.25. The van der Waals surface area contributed by atoms with Crippen molar-refractivity contribution in [2.75, 3.05) is 13.2 Å². The summed E-state index contributed by atoms with van der Waals surface area (Å²) in [5.41, 5.74) is 5.06. The van der Waals surface area contributed by atoms with Gasteiger partial charge in [0.25, 0.3) is 0 Å². The highest BCUT2D eigenvalue weighted by atomic mass is 16.5. The molecule has 2 N–H and O–H groups in total. The summed E-state index contributed by atoms with van der Waals surface area (Å²) in [6, 6.07) is 0. The van der Waals surface area contributed by atoms with E-state index >= 15 is 0 Å². The van der Waals surface area contributed by atoms with Crippen LogP contribution in [0.15, 0.2) is 0 Å². The van der Waals surface area contributed by atoms with E-state index in [9.17, 15) is 14.4 Å². The molecule has 5 nitrogen and oxygen atoms in total. The van der Waals surface area contributed by atoms with Crippen molar-refractivity contribution >= 4 is 18.0 Å². The van der Waals surface area contributed by atoms with E-state index in [1.54, 1.807) is 6.92 Å². The molecule has 0 bridgehead atoms. The first-order valence-corrected chi connectivity index (χ1v) is 4.00. The number of hydrogen-bond acceptors (Lipinski definition) is 5. The molecule has 0 aliphatic carbocycles. The normalized spacial score (nSPS) is 11.8. The fraction of sp³-hybridized carbons (Fsp3) is 0.625. The van der Waals surface area contributed by atoms with Crippen molar-refractivity contribution in [2.45, 2.75) is 13.3 Å². The van der Waals surface area contributed by atoms with Crippen LogP contribution < -0.4 is 5.73 Å². The largest absolute Gasteiger partial charge is 0.465 e. The Morgan fingerprint density at radius 2 is 2.15 bits per heavy atom. The van der Waals surface area contributed by atoms with Gasteiger partial charge in [0.15, 0.2) is 5.78 Å². The van der Waals surface area contributed by atoms with Gasteiger partial charge in [-0.2, -0.15) is 0 Å². The number of nitrogens with two attached hydrogens (primary N) is 1. The smallest absolute Gasteiger partial charge is 0.316 e. The van der Waals surface area contributed by atoms with Gasteiger partial charge in [0.05, 0.1) is 13.2 Å². The molecule has 0 saturated carbocycles. The lowest BCUT2D eigenvalue weighted by atomic mass is 10.0. The minimum absolute atomic E-state index is 0.158. The second-order valence-electron chi connectivity index (χ2n) is 2.38. The van der Waals surface area contributed by atoms with Crippen molar-refractivity contribution in [3.8, 4) is 0 Å². The Morgan fingerprint density at radius 3 is 2.54 bits per heavy atom. The molecular formula is C8H13NO4. The highest BCUT2D eigenvalue weighted by molar-refractivity contribution is 6.01. The predicted octanol–water partition coefficient (Wildman–Crippen LogP) is -0.717. The fourth-order valence-electron chi connectivity index (χ4n) is 0.840. The van der Waals surface area contributed by atoms with Gasteiger partial charge >= 0.3 is 5.97 Å². The molecular weight excluding hydrogens is 174 g/mol. The number of carbonyl (C=O) groups is 3. The Kier molecular flexibility index (Phi) is 5.71. The molecule has 0 radical (unpaired) electrons. The van der Waals surface area contributed by atoms with E-state index in [0.29, 0.717) is 6.29 Å². The Balaban J connectivity index is 4.30. The van der Waals surface area contributed by atoms with E-state index in [1.165, 1.54) is 0 Å². The summed E-state index contributed by atoms with van der Waals surface area (Å²) in [4.78, 5) is 32.3. The molecule has 5 heteroatoms. The van der Waals surface area contributed by atoms with Gasteiger partial charge in [-0.25, -0.2) is 0 Å². The molecule has 0 fully saturated rings. The highest BCUT2D eigenvalue weighted by Crippen LogP contribution is 2.05. The van der Waals surface area contributed by atoms with Gasteiger partial charge in [-0.05, 0) is 6.92 Å². The Bertz CT molecular complexity index is 202. The van der Waals surface area contributed by atoms with Gasteiger partial charge in [0, 0.05) is 6.42 Å². The zero-order valence-electron chi connectivity index (χ0n) is 7.49. The molecule has 0 aromatic heterocycles. The SMILES string of the molecule is CCOC(=O)C(CC=O)C(=O)CN. The first-order chi connectivity index (χ1) is 6.17. The van der Waals surface area contributed by atoms with Crippen molar-refractivity contribution in [3.05, 3.63) is 0 Å². The van der Waals surface area contributed by atoms with Gasteiger partial charge < -0.3 is 15.3 Å². The molecule has 0 amide bonds. The van der Waals surface area contributed by atoms with Crippen LogP contribution in [0.5, 0.6) is 0 Å². The second-order valence-corrected chi connectivity index (χ2v) is 2.38. The van der Waals surface area contributed by atoms with Crippen LogP contribution in [0.2, 0.25) is 0 Å². The van der Waals surface area contributed by atoms with Crippen molar-refractivity contribution in [3.63, 3.8) is 0 Å². The topological polar surface area (TPSA) is 86.5 Å². The molecule has 0 aliphatic rings. The van der Waals surface area contributed by atoms with Gasteiger partial charge in [-0.15, -0.1) is 0 Å². The lowest BCUT2D eigenvalue weighted by Gasteiger charge is -2.09. The molecule has 0 heterocycles. The number of hydrogen-bond donors (Lipinski definition) is 1. The molecule has 1 unspecified atom stereocenters. The standard InChI is InChI=1S/C8H13NO4/c1-2-13-8(12)6(3-4-10)7(11)5-9/h4,6H,2-3,5,9H2,1H3.